The van der Waals surface area contributed by atoms with Gasteiger partial charge in [-0.2, -0.15) is 0 Å². The Kier molecular flexibility index (Phi) is 3.98. The SMILES string of the molecule is CC1(c2cc(F)ccc2F)NC(=O)N(CC(=O)N2CCCC2)C1=O. The van der Waals surface area contributed by atoms with E-state index in [9.17, 15) is 23.2 Å². The van der Waals surface area contributed by atoms with E-state index in [2.05, 4.69) is 5.32 Å². The molecule has 2 saturated heterocycles. The van der Waals surface area contributed by atoms with Gasteiger partial charge < -0.3 is 10.2 Å². The molecule has 6 nitrogen and oxygen atoms in total. The lowest BCUT2D eigenvalue weighted by molar-refractivity contribution is -0.138. The van der Waals surface area contributed by atoms with Crippen LogP contribution in [0.3, 0.4) is 0 Å². The highest BCUT2D eigenvalue weighted by Crippen LogP contribution is 2.31. The summed E-state index contributed by atoms with van der Waals surface area (Å²) in [6, 6.07) is 1.91. The second-order valence-corrected chi connectivity index (χ2v) is 6.16. The summed E-state index contributed by atoms with van der Waals surface area (Å²) in [7, 11) is 0. The van der Waals surface area contributed by atoms with Gasteiger partial charge in [-0.15, -0.1) is 0 Å². The van der Waals surface area contributed by atoms with Gasteiger partial charge in [-0.05, 0) is 38.0 Å². The van der Waals surface area contributed by atoms with Crippen LogP contribution in [-0.2, 0) is 15.1 Å². The van der Waals surface area contributed by atoms with Gasteiger partial charge >= 0.3 is 6.03 Å². The molecule has 1 atom stereocenters. The van der Waals surface area contributed by atoms with E-state index in [-0.39, 0.29) is 11.5 Å². The number of halogens is 2. The largest absolute Gasteiger partial charge is 0.341 e. The standard InChI is InChI=1S/C16H17F2N3O3/c1-16(11-8-10(17)4-5-12(11)18)14(23)21(15(24)19-16)9-13(22)20-6-2-3-7-20/h4-5,8H,2-3,6-7,9H2,1H3,(H,19,24). The molecule has 0 aliphatic carbocycles. The van der Waals surface area contributed by atoms with Crippen molar-refractivity contribution in [3.63, 3.8) is 0 Å². The second kappa shape index (κ2) is 5.85. The molecule has 0 spiro atoms. The van der Waals surface area contributed by atoms with Crippen LogP contribution in [0.5, 0.6) is 0 Å². The smallest absolute Gasteiger partial charge is 0.325 e. The van der Waals surface area contributed by atoms with Crippen molar-refractivity contribution in [1.29, 1.82) is 0 Å². The number of nitrogens with one attached hydrogen (secondary N) is 1. The second-order valence-electron chi connectivity index (χ2n) is 6.16. The molecule has 128 valence electrons. The van der Waals surface area contributed by atoms with Gasteiger partial charge in [-0.3, -0.25) is 14.5 Å². The summed E-state index contributed by atoms with van der Waals surface area (Å²) < 4.78 is 27.5. The molecule has 2 aliphatic heterocycles. The van der Waals surface area contributed by atoms with Crippen molar-refractivity contribution in [2.45, 2.75) is 25.3 Å². The van der Waals surface area contributed by atoms with Crippen LogP contribution >= 0.6 is 0 Å². The number of hydrogen-bond acceptors (Lipinski definition) is 3. The maximum atomic E-state index is 14.0. The number of rotatable bonds is 3. The van der Waals surface area contributed by atoms with Gasteiger partial charge in [0.05, 0.1) is 0 Å². The maximum absolute atomic E-state index is 14.0. The van der Waals surface area contributed by atoms with E-state index in [1.54, 1.807) is 4.90 Å². The summed E-state index contributed by atoms with van der Waals surface area (Å²) in [5.74, 6) is -2.63. The van der Waals surface area contributed by atoms with Crippen molar-refractivity contribution in [3.05, 3.63) is 35.4 Å². The van der Waals surface area contributed by atoms with E-state index < -0.39 is 35.7 Å². The Morgan fingerprint density at radius 2 is 1.92 bits per heavy atom. The van der Waals surface area contributed by atoms with Gasteiger partial charge in [0.2, 0.25) is 5.91 Å². The molecule has 2 aliphatic rings. The fourth-order valence-electron chi connectivity index (χ4n) is 3.11. The predicted octanol–water partition coefficient (Wildman–Crippen LogP) is 1.35. The summed E-state index contributed by atoms with van der Waals surface area (Å²) in [6.45, 7) is 2.08. The lowest BCUT2D eigenvalue weighted by atomic mass is 9.91. The maximum Gasteiger partial charge on any atom is 0.325 e. The zero-order chi connectivity index (χ0) is 17.5. The summed E-state index contributed by atoms with van der Waals surface area (Å²) in [6.07, 6.45) is 1.77. The van der Waals surface area contributed by atoms with Crippen molar-refractivity contribution in [2.75, 3.05) is 19.6 Å². The molecule has 24 heavy (non-hydrogen) atoms. The van der Waals surface area contributed by atoms with Gasteiger partial charge in [-0.25, -0.2) is 13.6 Å². The van der Waals surface area contributed by atoms with Crippen molar-refractivity contribution in [2.24, 2.45) is 0 Å². The average Bonchev–Trinajstić information content (AvgIpc) is 3.14. The van der Waals surface area contributed by atoms with Crippen LogP contribution in [0.1, 0.15) is 25.3 Å². The van der Waals surface area contributed by atoms with Gasteiger partial charge in [0.15, 0.2) is 0 Å². The molecule has 2 fully saturated rings. The van der Waals surface area contributed by atoms with Gasteiger partial charge in [0.1, 0.15) is 23.7 Å². The number of benzene rings is 1. The van der Waals surface area contributed by atoms with E-state index in [1.165, 1.54) is 6.92 Å². The minimum absolute atomic E-state index is 0.267. The molecule has 2 heterocycles. The highest BCUT2D eigenvalue weighted by molar-refractivity contribution is 6.09. The first-order valence-electron chi connectivity index (χ1n) is 7.70. The summed E-state index contributed by atoms with van der Waals surface area (Å²) in [5, 5.41) is 2.37. The minimum atomic E-state index is -1.74. The molecule has 0 saturated carbocycles. The van der Waals surface area contributed by atoms with E-state index in [1.807, 2.05) is 0 Å². The molecule has 1 N–H and O–H groups in total. The summed E-state index contributed by atoms with van der Waals surface area (Å²) >= 11 is 0. The first-order chi connectivity index (χ1) is 11.3. The highest BCUT2D eigenvalue weighted by Gasteiger charge is 2.51. The monoisotopic (exact) mass is 337 g/mol. The number of hydrogen-bond donors (Lipinski definition) is 1. The fraction of sp³-hybridized carbons (Fsp3) is 0.438. The third kappa shape index (κ3) is 2.61. The van der Waals surface area contributed by atoms with Gasteiger partial charge in [0.25, 0.3) is 5.91 Å². The zero-order valence-electron chi connectivity index (χ0n) is 13.1. The highest BCUT2D eigenvalue weighted by atomic mass is 19.1. The summed E-state index contributed by atoms with van der Waals surface area (Å²) in [5.41, 5.74) is -2.01. The molecule has 1 aromatic carbocycles. The van der Waals surface area contributed by atoms with Crippen LogP contribution < -0.4 is 5.32 Å². The van der Waals surface area contributed by atoms with Crippen molar-refractivity contribution in [3.8, 4) is 0 Å². The molecule has 0 bridgehead atoms. The molecule has 1 unspecified atom stereocenters. The topological polar surface area (TPSA) is 69.7 Å². The lowest BCUT2D eigenvalue weighted by Crippen LogP contribution is -2.44. The number of likely N-dealkylation sites (tertiary alicyclic amines) is 1. The Labute approximate surface area is 137 Å². The normalized spacial score (nSPS) is 23.8. The van der Waals surface area contributed by atoms with E-state index in [0.29, 0.717) is 13.1 Å². The number of carbonyl (C=O) groups excluding carboxylic acids is 3. The Morgan fingerprint density at radius 1 is 1.25 bits per heavy atom. The van der Waals surface area contributed by atoms with Gasteiger partial charge in [-0.1, -0.05) is 0 Å². The van der Waals surface area contributed by atoms with Crippen LogP contribution in [0.25, 0.3) is 0 Å². The van der Waals surface area contributed by atoms with Gasteiger partial charge in [0, 0.05) is 18.7 Å². The molecule has 3 rings (SSSR count). The number of amides is 4. The molecule has 0 radical (unpaired) electrons. The molecule has 1 aromatic rings. The Balaban J connectivity index is 1.85. The molecule has 8 heteroatoms. The quantitative estimate of drug-likeness (QED) is 0.847. The Morgan fingerprint density at radius 3 is 2.58 bits per heavy atom. The third-order valence-corrected chi connectivity index (χ3v) is 4.49. The Bertz CT molecular complexity index is 719. The number of carbonyl (C=O) groups is 3. The fourth-order valence-corrected chi connectivity index (χ4v) is 3.11. The van der Waals surface area contributed by atoms with Crippen LogP contribution in [0.2, 0.25) is 0 Å². The first kappa shape index (κ1) is 16.4. The predicted molar refractivity (Wildman–Crippen MR) is 79.8 cm³/mol. The molecular formula is C16H17F2N3O3. The van der Waals surface area contributed by atoms with Crippen molar-refractivity contribution >= 4 is 17.8 Å². The van der Waals surface area contributed by atoms with E-state index in [0.717, 1.165) is 35.9 Å². The first-order valence-corrected chi connectivity index (χ1v) is 7.70. The minimum Gasteiger partial charge on any atom is -0.341 e. The van der Waals surface area contributed by atoms with Crippen LogP contribution in [-0.4, -0.2) is 47.3 Å². The van der Waals surface area contributed by atoms with E-state index in [4.69, 9.17) is 0 Å². The van der Waals surface area contributed by atoms with Crippen LogP contribution in [0.15, 0.2) is 18.2 Å². The number of imide groups is 1. The van der Waals surface area contributed by atoms with Crippen molar-refractivity contribution < 1.29 is 23.2 Å². The van der Waals surface area contributed by atoms with E-state index >= 15 is 0 Å². The van der Waals surface area contributed by atoms with Crippen LogP contribution in [0, 0.1) is 11.6 Å². The number of nitrogens with zero attached hydrogens (tertiary/aromatic N) is 2. The number of urea groups is 1. The van der Waals surface area contributed by atoms with Crippen LogP contribution in [0.4, 0.5) is 13.6 Å². The molecule has 0 aromatic heterocycles. The lowest BCUT2D eigenvalue weighted by Gasteiger charge is -2.23. The molecule has 4 amide bonds. The molecular weight excluding hydrogens is 320 g/mol. The summed E-state index contributed by atoms with van der Waals surface area (Å²) in [4.78, 5) is 39.3. The Hall–Kier alpha value is -2.51. The third-order valence-electron chi connectivity index (χ3n) is 4.49. The van der Waals surface area contributed by atoms with Crippen molar-refractivity contribution in [1.82, 2.24) is 15.1 Å². The average molecular weight is 337 g/mol. The zero-order valence-corrected chi connectivity index (χ0v) is 13.1.